The minimum absolute atomic E-state index is 0.926. The van der Waals surface area contributed by atoms with Gasteiger partial charge in [0.1, 0.15) is 0 Å². The van der Waals surface area contributed by atoms with Crippen molar-refractivity contribution in [3.8, 4) is 0 Å². The van der Waals surface area contributed by atoms with E-state index in [0.29, 0.717) is 0 Å². The van der Waals surface area contributed by atoms with Gasteiger partial charge in [0.05, 0.1) is 0 Å². The molecule has 89 valence electrons. The number of unbranched alkanes of at least 4 members (excludes halogenated alkanes) is 2. The fraction of sp³-hybridized carbons (Fsp3) is 0.571. The first-order valence-electron chi connectivity index (χ1n) is 6.30. The van der Waals surface area contributed by atoms with Gasteiger partial charge in [-0.15, -0.1) is 0 Å². The van der Waals surface area contributed by atoms with E-state index in [9.17, 15) is 0 Å². The highest BCUT2D eigenvalue weighted by atomic mass is 32.1. The highest BCUT2D eigenvalue weighted by molar-refractivity contribution is 7.80. The molecular weight excluding hydrogens is 214 g/mol. The Morgan fingerprint density at radius 2 is 1.44 bits per heavy atom. The van der Waals surface area contributed by atoms with Gasteiger partial charge in [-0.1, -0.05) is 39.3 Å². The maximum absolute atomic E-state index is 5.11. The monoisotopic (exact) mass is 236 g/mol. The topological polar surface area (TPSA) is 3.24 Å². The maximum Gasteiger partial charge on any atom is 0.0378 e. The molecule has 0 aliphatic carbocycles. The molecule has 0 unspecified atom stereocenters. The minimum Gasteiger partial charge on any atom is -0.372 e. The first kappa shape index (κ1) is 13.3. The van der Waals surface area contributed by atoms with E-state index in [1.807, 2.05) is 12.1 Å². The molecule has 0 amide bonds. The van der Waals surface area contributed by atoms with E-state index in [0.717, 1.165) is 18.0 Å². The lowest BCUT2D eigenvalue weighted by Gasteiger charge is -2.24. The second kappa shape index (κ2) is 7.50. The Morgan fingerprint density at radius 3 is 1.88 bits per heavy atom. The van der Waals surface area contributed by atoms with Gasteiger partial charge >= 0.3 is 0 Å². The SMILES string of the molecule is CCCCN(CCCC)c1ccc([S])cc1. The third kappa shape index (κ3) is 4.40. The van der Waals surface area contributed by atoms with Gasteiger partial charge in [-0.3, -0.25) is 0 Å². The standard InChI is InChI=1S/C14H22NS/c1-3-5-11-15(12-6-4-2)13-7-9-14(16)10-8-13/h7-10H,3-6,11-12H2,1-2H3. The number of nitrogens with zero attached hydrogens (tertiary/aromatic N) is 1. The maximum atomic E-state index is 5.11. The fourth-order valence-corrected chi connectivity index (χ4v) is 1.86. The zero-order valence-corrected chi connectivity index (χ0v) is 11.2. The Morgan fingerprint density at radius 1 is 0.938 bits per heavy atom. The molecule has 0 atom stereocenters. The largest absolute Gasteiger partial charge is 0.372 e. The fourth-order valence-electron chi connectivity index (χ4n) is 1.72. The third-order valence-corrected chi connectivity index (χ3v) is 3.04. The Kier molecular flexibility index (Phi) is 6.24. The summed E-state index contributed by atoms with van der Waals surface area (Å²) in [7, 11) is 0. The smallest absolute Gasteiger partial charge is 0.0378 e. The summed E-state index contributed by atoms with van der Waals surface area (Å²) in [5.41, 5.74) is 1.32. The van der Waals surface area contributed by atoms with Gasteiger partial charge in [0.2, 0.25) is 0 Å². The van der Waals surface area contributed by atoms with E-state index >= 15 is 0 Å². The molecule has 0 fully saturated rings. The van der Waals surface area contributed by atoms with E-state index in [-0.39, 0.29) is 0 Å². The van der Waals surface area contributed by atoms with E-state index in [1.54, 1.807) is 0 Å². The van der Waals surface area contributed by atoms with Gasteiger partial charge in [0, 0.05) is 23.7 Å². The number of anilines is 1. The zero-order chi connectivity index (χ0) is 11.8. The molecule has 0 saturated carbocycles. The number of hydrogen-bond acceptors (Lipinski definition) is 1. The highest BCUT2D eigenvalue weighted by Crippen LogP contribution is 2.18. The molecule has 2 heteroatoms. The summed E-state index contributed by atoms with van der Waals surface area (Å²) in [4.78, 5) is 3.40. The van der Waals surface area contributed by atoms with Crippen molar-refractivity contribution < 1.29 is 0 Å². The van der Waals surface area contributed by atoms with Gasteiger partial charge in [-0.05, 0) is 37.1 Å². The van der Waals surface area contributed by atoms with Crippen LogP contribution in [-0.4, -0.2) is 13.1 Å². The molecule has 0 spiro atoms. The van der Waals surface area contributed by atoms with Gasteiger partial charge in [0.25, 0.3) is 0 Å². The predicted octanol–water partition coefficient (Wildman–Crippen LogP) is 4.65. The molecule has 1 aromatic rings. The van der Waals surface area contributed by atoms with Gasteiger partial charge in [-0.2, -0.15) is 0 Å². The highest BCUT2D eigenvalue weighted by Gasteiger charge is 2.04. The lowest BCUT2D eigenvalue weighted by molar-refractivity contribution is 0.678. The van der Waals surface area contributed by atoms with Gasteiger partial charge in [-0.25, -0.2) is 0 Å². The van der Waals surface area contributed by atoms with E-state index in [2.05, 4.69) is 30.9 Å². The van der Waals surface area contributed by atoms with E-state index in [1.165, 1.54) is 31.4 Å². The molecular formula is C14H22NS. The summed E-state index contributed by atoms with van der Waals surface area (Å²) in [6.45, 7) is 6.80. The van der Waals surface area contributed by atoms with Crippen molar-refractivity contribution in [3.63, 3.8) is 0 Å². The number of benzene rings is 1. The molecule has 0 bridgehead atoms. The van der Waals surface area contributed by atoms with Crippen LogP contribution in [0.2, 0.25) is 0 Å². The van der Waals surface area contributed by atoms with Crippen LogP contribution in [0.1, 0.15) is 39.5 Å². The van der Waals surface area contributed by atoms with Crippen molar-refractivity contribution in [1.82, 2.24) is 0 Å². The summed E-state index contributed by atoms with van der Waals surface area (Å²) in [5.74, 6) is 0. The summed E-state index contributed by atoms with van der Waals surface area (Å²) in [6.07, 6.45) is 5.03. The molecule has 1 aromatic carbocycles. The van der Waals surface area contributed by atoms with Crippen molar-refractivity contribution in [2.24, 2.45) is 0 Å². The normalized spacial score (nSPS) is 10.4. The summed E-state index contributed by atoms with van der Waals surface area (Å²) in [5, 5.41) is 0. The number of hydrogen-bond donors (Lipinski definition) is 0. The molecule has 0 heterocycles. The Hall–Kier alpha value is -0.760. The zero-order valence-electron chi connectivity index (χ0n) is 10.4. The summed E-state index contributed by atoms with van der Waals surface area (Å²) < 4.78 is 0. The first-order chi connectivity index (χ1) is 7.77. The summed E-state index contributed by atoms with van der Waals surface area (Å²) in [6, 6.07) is 8.34. The Bertz CT molecular complexity index is 273. The molecule has 0 aliphatic heterocycles. The quantitative estimate of drug-likeness (QED) is 0.666. The summed E-state index contributed by atoms with van der Waals surface area (Å²) >= 11 is 5.11. The van der Waals surface area contributed by atoms with Crippen molar-refractivity contribution in [2.75, 3.05) is 18.0 Å². The van der Waals surface area contributed by atoms with Crippen LogP contribution in [0, 0.1) is 0 Å². The molecule has 0 saturated heterocycles. The molecule has 0 aliphatic rings. The second-order valence-electron chi connectivity index (χ2n) is 4.19. The van der Waals surface area contributed by atoms with Gasteiger partial charge < -0.3 is 4.90 Å². The predicted molar refractivity (Wildman–Crippen MR) is 74.3 cm³/mol. The van der Waals surface area contributed by atoms with Crippen LogP contribution in [-0.2, 0) is 0 Å². The van der Waals surface area contributed by atoms with Crippen LogP contribution in [0.3, 0.4) is 0 Å². The molecule has 0 aromatic heterocycles. The lowest BCUT2D eigenvalue weighted by Crippen LogP contribution is -2.25. The number of rotatable bonds is 7. The van der Waals surface area contributed by atoms with Gasteiger partial charge in [0.15, 0.2) is 0 Å². The molecule has 0 N–H and O–H groups in total. The van der Waals surface area contributed by atoms with Crippen LogP contribution >= 0.6 is 12.6 Å². The van der Waals surface area contributed by atoms with E-state index in [4.69, 9.17) is 12.6 Å². The average Bonchev–Trinajstić information content (AvgIpc) is 2.31. The Labute approximate surface area is 105 Å². The van der Waals surface area contributed by atoms with Crippen LogP contribution in [0.4, 0.5) is 5.69 Å². The van der Waals surface area contributed by atoms with Crippen LogP contribution in [0.5, 0.6) is 0 Å². The van der Waals surface area contributed by atoms with Crippen LogP contribution in [0.25, 0.3) is 0 Å². The third-order valence-electron chi connectivity index (χ3n) is 2.77. The first-order valence-corrected chi connectivity index (χ1v) is 6.70. The minimum atomic E-state index is 0.926. The second-order valence-corrected chi connectivity index (χ2v) is 4.66. The molecule has 1 nitrogen and oxygen atoms in total. The van der Waals surface area contributed by atoms with Crippen molar-refractivity contribution >= 4 is 18.3 Å². The Balaban J connectivity index is 2.62. The molecule has 1 radical (unpaired) electrons. The van der Waals surface area contributed by atoms with Crippen LogP contribution in [0.15, 0.2) is 29.2 Å². The lowest BCUT2D eigenvalue weighted by atomic mass is 10.2. The van der Waals surface area contributed by atoms with Crippen molar-refractivity contribution in [2.45, 2.75) is 44.4 Å². The van der Waals surface area contributed by atoms with E-state index < -0.39 is 0 Å². The van der Waals surface area contributed by atoms with Crippen LogP contribution < -0.4 is 4.90 Å². The van der Waals surface area contributed by atoms with Crippen molar-refractivity contribution in [1.29, 1.82) is 0 Å². The average molecular weight is 236 g/mol. The van der Waals surface area contributed by atoms with Crippen molar-refractivity contribution in [3.05, 3.63) is 24.3 Å². The molecule has 1 rings (SSSR count). The molecule has 16 heavy (non-hydrogen) atoms.